The summed E-state index contributed by atoms with van der Waals surface area (Å²) in [6, 6.07) is 19.6. The van der Waals surface area contributed by atoms with Gasteiger partial charge in [0.1, 0.15) is 0 Å². The Kier molecular flexibility index (Phi) is 8.83. The maximum Gasteiger partial charge on any atom is 0.252 e. The SMILES string of the molecule is COc1ccc(CC2c3cc(OC)c(OC)cc3CCN2Cc2c(-c3ccccc3)no[n+]2[O-])cc1OC.Cl. The largest absolute Gasteiger partial charge is 0.493 e. The van der Waals surface area contributed by atoms with Gasteiger partial charge in [-0.3, -0.25) is 9.53 Å². The van der Waals surface area contributed by atoms with E-state index >= 15 is 0 Å². The van der Waals surface area contributed by atoms with Crippen LogP contribution in [0.3, 0.4) is 0 Å². The molecule has 1 aliphatic heterocycles. The van der Waals surface area contributed by atoms with Crippen molar-refractivity contribution in [3.8, 4) is 34.3 Å². The van der Waals surface area contributed by atoms with E-state index in [4.69, 9.17) is 23.6 Å². The Balaban J connectivity index is 0.00000353. The first-order chi connectivity index (χ1) is 18.6. The first kappa shape index (κ1) is 28.1. The summed E-state index contributed by atoms with van der Waals surface area (Å²) in [6.45, 7) is 1.10. The predicted octanol–water partition coefficient (Wildman–Crippen LogP) is 4.77. The number of fused-ring (bicyclic) bond motifs is 1. The van der Waals surface area contributed by atoms with E-state index in [1.807, 2.05) is 54.6 Å². The minimum absolute atomic E-state index is 0. The highest BCUT2D eigenvalue weighted by atomic mass is 35.5. The van der Waals surface area contributed by atoms with Crippen molar-refractivity contribution in [1.82, 2.24) is 10.1 Å². The first-order valence-electron chi connectivity index (χ1n) is 12.4. The average Bonchev–Trinajstić information content (AvgIpc) is 3.33. The highest BCUT2D eigenvalue weighted by molar-refractivity contribution is 5.85. The number of hydrogen-bond acceptors (Lipinski definition) is 8. The quantitative estimate of drug-likeness (QED) is 0.274. The van der Waals surface area contributed by atoms with Crippen molar-refractivity contribution >= 4 is 12.4 Å². The van der Waals surface area contributed by atoms with Crippen molar-refractivity contribution in [2.24, 2.45) is 0 Å². The van der Waals surface area contributed by atoms with Crippen molar-refractivity contribution < 1.29 is 28.5 Å². The van der Waals surface area contributed by atoms with Gasteiger partial charge in [-0.05, 0) is 58.7 Å². The van der Waals surface area contributed by atoms with E-state index in [0.29, 0.717) is 52.3 Å². The van der Waals surface area contributed by atoms with Crippen molar-refractivity contribution in [2.75, 3.05) is 35.0 Å². The number of methoxy groups -OCH3 is 4. The molecule has 0 saturated heterocycles. The highest BCUT2D eigenvalue weighted by Crippen LogP contribution is 2.41. The molecule has 0 spiro atoms. The van der Waals surface area contributed by atoms with Gasteiger partial charge in [-0.15, -0.1) is 12.4 Å². The van der Waals surface area contributed by atoms with E-state index in [-0.39, 0.29) is 18.4 Å². The summed E-state index contributed by atoms with van der Waals surface area (Å²) in [5, 5.41) is 16.8. The summed E-state index contributed by atoms with van der Waals surface area (Å²) in [5.41, 5.74) is 5.23. The smallest absolute Gasteiger partial charge is 0.252 e. The molecule has 1 unspecified atom stereocenters. The van der Waals surface area contributed by atoms with Crippen LogP contribution in [0.25, 0.3) is 11.3 Å². The Morgan fingerprint density at radius 2 is 1.56 bits per heavy atom. The molecule has 206 valence electrons. The lowest BCUT2D eigenvalue weighted by Gasteiger charge is -2.37. The third kappa shape index (κ3) is 5.60. The lowest BCUT2D eigenvalue weighted by atomic mass is 9.87. The van der Waals surface area contributed by atoms with E-state index < -0.39 is 0 Å². The molecule has 4 aromatic rings. The van der Waals surface area contributed by atoms with Gasteiger partial charge in [-0.1, -0.05) is 36.4 Å². The Morgan fingerprint density at radius 1 is 0.897 bits per heavy atom. The van der Waals surface area contributed by atoms with Crippen LogP contribution in [0.5, 0.6) is 23.0 Å². The van der Waals surface area contributed by atoms with Crippen molar-refractivity contribution in [1.29, 1.82) is 0 Å². The third-order valence-corrected chi connectivity index (χ3v) is 7.09. The van der Waals surface area contributed by atoms with Gasteiger partial charge in [-0.25, -0.2) is 0 Å². The van der Waals surface area contributed by atoms with Crippen LogP contribution in [0.1, 0.15) is 28.4 Å². The number of hydrogen-bond donors (Lipinski definition) is 0. The number of nitrogens with zero attached hydrogens (tertiary/aromatic N) is 3. The van der Waals surface area contributed by atoms with Crippen LogP contribution in [0.15, 0.2) is 65.3 Å². The fraction of sp³-hybridized carbons (Fsp3) is 0.310. The molecule has 0 aliphatic carbocycles. The number of halogens is 1. The summed E-state index contributed by atoms with van der Waals surface area (Å²) >= 11 is 0. The highest BCUT2D eigenvalue weighted by Gasteiger charge is 2.33. The van der Waals surface area contributed by atoms with E-state index in [1.54, 1.807) is 28.4 Å². The molecule has 0 amide bonds. The standard InChI is InChI=1S/C29H31N3O6.ClH/c1-34-25-11-10-19(15-26(25)35-2)14-23-22-17-28(37-4)27(36-3)16-21(22)12-13-31(23)18-24-29(30-38-32(24)33)20-8-6-5-7-9-20;/h5-11,15-17,23H,12-14,18H2,1-4H3;1H. The Morgan fingerprint density at radius 3 is 2.26 bits per heavy atom. The number of benzene rings is 3. The number of aromatic nitrogens is 2. The molecule has 0 fully saturated rings. The van der Waals surface area contributed by atoms with Crippen LogP contribution >= 0.6 is 12.4 Å². The van der Waals surface area contributed by atoms with E-state index in [1.165, 1.54) is 5.56 Å². The summed E-state index contributed by atoms with van der Waals surface area (Å²) in [4.78, 5) is 2.80. The molecule has 0 saturated carbocycles. The van der Waals surface area contributed by atoms with Crippen LogP contribution in [-0.2, 0) is 19.4 Å². The number of rotatable bonds is 9. The van der Waals surface area contributed by atoms with Gasteiger partial charge in [0.25, 0.3) is 5.69 Å². The van der Waals surface area contributed by atoms with Gasteiger partial charge in [0.15, 0.2) is 23.0 Å². The summed E-state index contributed by atoms with van der Waals surface area (Å²) < 4.78 is 27.3. The van der Waals surface area contributed by atoms with Crippen LogP contribution in [0.4, 0.5) is 0 Å². The molecule has 0 radical (unpaired) electrons. The lowest BCUT2D eigenvalue weighted by Crippen LogP contribution is -2.40. The zero-order chi connectivity index (χ0) is 26.6. The molecular formula is C29H32ClN3O6. The molecule has 3 aromatic carbocycles. The molecule has 0 N–H and O–H groups in total. The first-order valence-corrected chi connectivity index (χ1v) is 12.4. The molecule has 1 atom stereocenters. The molecule has 0 bridgehead atoms. The molecule has 2 heterocycles. The van der Waals surface area contributed by atoms with Gasteiger partial charge in [0.05, 0.1) is 35.0 Å². The van der Waals surface area contributed by atoms with E-state index in [9.17, 15) is 5.21 Å². The molecule has 9 nitrogen and oxygen atoms in total. The van der Waals surface area contributed by atoms with Crippen molar-refractivity contribution in [2.45, 2.75) is 25.4 Å². The van der Waals surface area contributed by atoms with Gasteiger partial charge < -0.3 is 24.2 Å². The van der Waals surface area contributed by atoms with E-state index in [2.05, 4.69) is 16.1 Å². The van der Waals surface area contributed by atoms with Crippen LogP contribution in [0.2, 0.25) is 0 Å². The average molecular weight is 554 g/mol. The summed E-state index contributed by atoms with van der Waals surface area (Å²) in [6.07, 6.45) is 1.47. The van der Waals surface area contributed by atoms with Crippen LogP contribution in [0, 0.1) is 5.21 Å². The third-order valence-electron chi connectivity index (χ3n) is 7.09. The normalized spacial score (nSPS) is 14.7. The maximum atomic E-state index is 12.7. The second-order valence-electron chi connectivity index (χ2n) is 9.13. The Hall–Kier alpha value is -3.95. The monoisotopic (exact) mass is 553 g/mol. The van der Waals surface area contributed by atoms with Gasteiger partial charge >= 0.3 is 0 Å². The second-order valence-corrected chi connectivity index (χ2v) is 9.13. The summed E-state index contributed by atoms with van der Waals surface area (Å²) in [5.74, 6) is 2.71. The number of ether oxygens (including phenoxy) is 4. The van der Waals surface area contributed by atoms with Crippen molar-refractivity contribution in [3.05, 3.63) is 88.3 Å². The Labute approximate surface area is 233 Å². The minimum Gasteiger partial charge on any atom is -0.493 e. The zero-order valence-electron chi connectivity index (χ0n) is 22.4. The maximum absolute atomic E-state index is 12.7. The molecular weight excluding hydrogens is 522 g/mol. The topological polar surface area (TPSA) is 93.1 Å². The summed E-state index contributed by atoms with van der Waals surface area (Å²) in [7, 11) is 6.53. The second kappa shape index (κ2) is 12.3. The fourth-order valence-electron chi connectivity index (χ4n) is 5.15. The van der Waals surface area contributed by atoms with Crippen LogP contribution in [-0.4, -0.2) is 45.0 Å². The van der Waals surface area contributed by atoms with Gasteiger partial charge in [0, 0.05) is 23.3 Å². The molecule has 10 heteroatoms. The molecule has 1 aliphatic rings. The Bertz CT molecular complexity index is 1410. The lowest BCUT2D eigenvalue weighted by molar-refractivity contribution is -0.808. The molecule has 1 aromatic heterocycles. The zero-order valence-corrected chi connectivity index (χ0v) is 23.2. The van der Waals surface area contributed by atoms with Crippen LogP contribution < -0.4 is 23.9 Å². The van der Waals surface area contributed by atoms with Gasteiger partial charge in [0.2, 0.25) is 5.69 Å². The van der Waals surface area contributed by atoms with E-state index in [0.717, 1.165) is 29.7 Å². The predicted molar refractivity (Wildman–Crippen MR) is 148 cm³/mol. The molecule has 39 heavy (non-hydrogen) atoms. The minimum atomic E-state index is -0.0600. The molecule has 5 rings (SSSR count). The van der Waals surface area contributed by atoms with Crippen molar-refractivity contribution in [3.63, 3.8) is 0 Å². The van der Waals surface area contributed by atoms with Gasteiger partial charge in [-0.2, -0.15) is 0 Å². The fourth-order valence-corrected chi connectivity index (χ4v) is 5.15.